The number of hydrogen-bond donors (Lipinski definition) is 3. The summed E-state index contributed by atoms with van der Waals surface area (Å²) in [5, 5.41) is 2.95. The van der Waals surface area contributed by atoms with Crippen molar-refractivity contribution in [2.45, 2.75) is 12.3 Å². The highest BCUT2D eigenvalue weighted by Crippen LogP contribution is 2.33. The van der Waals surface area contributed by atoms with Gasteiger partial charge in [0, 0.05) is 18.7 Å². The molecule has 2 aromatic rings. The molecule has 0 aliphatic heterocycles. The maximum Gasteiger partial charge on any atom is 0.252 e. The van der Waals surface area contributed by atoms with E-state index in [1.807, 2.05) is 12.1 Å². The Balaban J connectivity index is 1.58. The second-order valence-electron chi connectivity index (χ2n) is 4.89. The molecule has 1 amide bonds. The van der Waals surface area contributed by atoms with E-state index in [1.54, 1.807) is 12.1 Å². The molecule has 3 rings (SSSR count). The predicted octanol–water partition coefficient (Wildman–Crippen LogP) is 1.44. The van der Waals surface area contributed by atoms with Gasteiger partial charge in [-0.25, -0.2) is 10.8 Å². The van der Waals surface area contributed by atoms with Gasteiger partial charge in [0.15, 0.2) is 0 Å². The Labute approximate surface area is 117 Å². The first kappa shape index (κ1) is 12.6. The number of hydrazine groups is 1. The first-order valence-electron chi connectivity index (χ1n) is 6.56. The van der Waals surface area contributed by atoms with Crippen molar-refractivity contribution in [1.29, 1.82) is 0 Å². The summed E-state index contributed by atoms with van der Waals surface area (Å²) in [6.45, 7) is 0.659. The van der Waals surface area contributed by atoms with Crippen molar-refractivity contribution in [3.8, 4) is 0 Å². The molecule has 1 heterocycles. The minimum absolute atomic E-state index is 0.106. The molecule has 5 heteroatoms. The van der Waals surface area contributed by atoms with Crippen molar-refractivity contribution in [3.63, 3.8) is 0 Å². The Morgan fingerprint density at radius 1 is 1.30 bits per heavy atom. The third-order valence-corrected chi connectivity index (χ3v) is 3.64. The Hall–Kier alpha value is -2.40. The highest BCUT2D eigenvalue weighted by molar-refractivity contribution is 5.94. The third kappa shape index (κ3) is 2.35. The van der Waals surface area contributed by atoms with Crippen molar-refractivity contribution in [2.75, 3.05) is 12.0 Å². The third-order valence-electron chi connectivity index (χ3n) is 3.64. The van der Waals surface area contributed by atoms with E-state index in [0.29, 0.717) is 23.8 Å². The van der Waals surface area contributed by atoms with Crippen LogP contribution in [0.15, 0.2) is 42.6 Å². The summed E-state index contributed by atoms with van der Waals surface area (Å²) in [4.78, 5) is 16.0. The molecule has 1 unspecified atom stereocenters. The van der Waals surface area contributed by atoms with Crippen LogP contribution in [0.5, 0.6) is 0 Å². The number of anilines is 1. The van der Waals surface area contributed by atoms with E-state index >= 15 is 0 Å². The molecule has 5 nitrogen and oxygen atoms in total. The minimum atomic E-state index is -0.106. The number of nitrogen functional groups attached to an aromatic ring is 1. The molecule has 0 saturated heterocycles. The van der Waals surface area contributed by atoms with Crippen molar-refractivity contribution in [3.05, 3.63) is 59.3 Å². The van der Waals surface area contributed by atoms with Gasteiger partial charge in [-0.1, -0.05) is 24.3 Å². The zero-order valence-electron chi connectivity index (χ0n) is 11.0. The number of carbonyl (C=O) groups excluding carboxylic acids is 1. The van der Waals surface area contributed by atoms with Crippen LogP contribution in [0.4, 0.5) is 5.82 Å². The Kier molecular flexibility index (Phi) is 3.35. The first-order chi connectivity index (χ1) is 9.78. The van der Waals surface area contributed by atoms with Crippen LogP contribution in [-0.2, 0) is 6.42 Å². The van der Waals surface area contributed by atoms with Crippen LogP contribution in [0.2, 0.25) is 0 Å². The molecule has 1 aromatic carbocycles. The van der Waals surface area contributed by atoms with Gasteiger partial charge in [0.25, 0.3) is 5.91 Å². The Morgan fingerprint density at radius 3 is 2.85 bits per heavy atom. The largest absolute Gasteiger partial charge is 0.351 e. The minimum Gasteiger partial charge on any atom is -0.351 e. The molecule has 1 aliphatic rings. The number of nitrogens with two attached hydrogens (primary N) is 1. The number of nitrogens with one attached hydrogen (secondary N) is 2. The van der Waals surface area contributed by atoms with Crippen LogP contribution in [0.25, 0.3) is 0 Å². The fourth-order valence-electron chi connectivity index (χ4n) is 2.48. The van der Waals surface area contributed by atoms with Crippen LogP contribution >= 0.6 is 0 Å². The summed E-state index contributed by atoms with van der Waals surface area (Å²) < 4.78 is 0. The lowest BCUT2D eigenvalue weighted by molar-refractivity contribution is 0.0949. The van der Waals surface area contributed by atoms with Gasteiger partial charge in [0.05, 0.1) is 5.56 Å². The highest BCUT2D eigenvalue weighted by atomic mass is 16.1. The van der Waals surface area contributed by atoms with E-state index in [1.165, 1.54) is 17.3 Å². The molecule has 0 fully saturated rings. The van der Waals surface area contributed by atoms with Crippen LogP contribution in [0, 0.1) is 0 Å². The second-order valence-corrected chi connectivity index (χ2v) is 4.89. The standard InChI is InChI=1S/C15H16N4O/c16-19-14-6-5-11(8-17-14)15(20)18-9-12-7-10-3-1-2-4-13(10)12/h1-6,8,12H,7,9,16H2,(H,17,19)(H,18,20). The quantitative estimate of drug-likeness (QED) is 0.579. The number of amides is 1. The van der Waals surface area contributed by atoms with Crippen LogP contribution < -0.4 is 16.6 Å². The van der Waals surface area contributed by atoms with Gasteiger partial charge >= 0.3 is 0 Å². The van der Waals surface area contributed by atoms with Crippen molar-refractivity contribution >= 4 is 11.7 Å². The first-order valence-corrected chi connectivity index (χ1v) is 6.56. The van der Waals surface area contributed by atoms with Gasteiger partial charge in [-0.05, 0) is 29.7 Å². The zero-order valence-corrected chi connectivity index (χ0v) is 11.0. The number of fused-ring (bicyclic) bond motifs is 1. The average molecular weight is 268 g/mol. The molecule has 4 N–H and O–H groups in total. The summed E-state index contributed by atoms with van der Waals surface area (Å²) in [7, 11) is 0. The van der Waals surface area contributed by atoms with Gasteiger partial charge in [-0.15, -0.1) is 0 Å². The number of hydrogen-bond acceptors (Lipinski definition) is 4. The molecule has 1 aliphatic carbocycles. The zero-order chi connectivity index (χ0) is 13.9. The number of carbonyl (C=O) groups is 1. The lowest BCUT2D eigenvalue weighted by atomic mass is 9.77. The van der Waals surface area contributed by atoms with E-state index in [2.05, 4.69) is 27.9 Å². The Bertz CT molecular complexity index is 624. The molecule has 0 bridgehead atoms. The normalized spacial score (nSPS) is 15.9. The van der Waals surface area contributed by atoms with Crippen LogP contribution in [-0.4, -0.2) is 17.4 Å². The van der Waals surface area contributed by atoms with E-state index < -0.39 is 0 Å². The highest BCUT2D eigenvalue weighted by Gasteiger charge is 2.25. The summed E-state index contributed by atoms with van der Waals surface area (Å²) in [6.07, 6.45) is 2.55. The van der Waals surface area contributed by atoms with Gasteiger partial charge in [-0.2, -0.15) is 0 Å². The van der Waals surface area contributed by atoms with E-state index in [4.69, 9.17) is 5.84 Å². The van der Waals surface area contributed by atoms with Crippen molar-refractivity contribution < 1.29 is 4.79 Å². The fourth-order valence-corrected chi connectivity index (χ4v) is 2.48. The Morgan fingerprint density at radius 2 is 2.15 bits per heavy atom. The van der Waals surface area contributed by atoms with Crippen LogP contribution in [0.1, 0.15) is 27.4 Å². The molecule has 1 aromatic heterocycles. The maximum absolute atomic E-state index is 12.0. The van der Waals surface area contributed by atoms with Crippen molar-refractivity contribution in [2.24, 2.45) is 5.84 Å². The summed E-state index contributed by atoms with van der Waals surface area (Å²) in [5.74, 6) is 6.09. The molecule has 102 valence electrons. The molecule has 0 saturated carbocycles. The van der Waals surface area contributed by atoms with Gasteiger partial charge < -0.3 is 10.7 Å². The maximum atomic E-state index is 12.0. The van der Waals surface area contributed by atoms with Gasteiger partial charge in [-0.3, -0.25) is 4.79 Å². The summed E-state index contributed by atoms with van der Waals surface area (Å²) in [6, 6.07) is 11.7. The summed E-state index contributed by atoms with van der Waals surface area (Å²) >= 11 is 0. The van der Waals surface area contributed by atoms with Crippen LogP contribution in [0.3, 0.4) is 0 Å². The number of aromatic nitrogens is 1. The monoisotopic (exact) mass is 268 g/mol. The fraction of sp³-hybridized carbons (Fsp3) is 0.200. The molecular weight excluding hydrogens is 252 g/mol. The molecule has 20 heavy (non-hydrogen) atoms. The molecular formula is C15H16N4O. The molecule has 0 spiro atoms. The van der Waals surface area contributed by atoms with E-state index in [9.17, 15) is 4.79 Å². The number of pyridine rings is 1. The predicted molar refractivity (Wildman–Crippen MR) is 77.3 cm³/mol. The van der Waals surface area contributed by atoms with Gasteiger partial charge in [0.2, 0.25) is 0 Å². The van der Waals surface area contributed by atoms with E-state index in [0.717, 1.165) is 6.42 Å². The summed E-state index contributed by atoms with van der Waals surface area (Å²) in [5.41, 5.74) is 5.69. The van der Waals surface area contributed by atoms with E-state index in [-0.39, 0.29) is 5.91 Å². The second kappa shape index (κ2) is 5.30. The van der Waals surface area contributed by atoms with Crippen molar-refractivity contribution in [1.82, 2.24) is 10.3 Å². The average Bonchev–Trinajstić information content (AvgIpc) is 2.48. The SMILES string of the molecule is NNc1ccc(C(=O)NCC2Cc3ccccc32)cn1. The number of nitrogens with zero attached hydrogens (tertiary/aromatic N) is 1. The number of benzene rings is 1. The molecule has 0 radical (unpaired) electrons. The van der Waals surface area contributed by atoms with Gasteiger partial charge in [0.1, 0.15) is 5.82 Å². The molecule has 1 atom stereocenters. The smallest absolute Gasteiger partial charge is 0.252 e. The topological polar surface area (TPSA) is 80.0 Å². The lowest BCUT2D eigenvalue weighted by Gasteiger charge is -2.30. The lowest BCUT2D eigenvalue weighted by Crippen LogP contribution is -2.33. The number of rotatable bonds is 4.